The second-order valence-corrected chi connectivity index (χ2v) is 5.33. The zero-order valence-corrected chi connectivity index (χ0v) is 12.8. The molecule has 0 saturated heterocycles. The summed E-state index contributed by atoms with van der Waals surface area (Å²) in [6.07, 6.45) is 0.149. The first kappa shape index (κ1) is 18.0. The summed E-state index contributed by atoms with van der Waals surface area (Å²) < 4.78 is 44.4. The van der Waals surface area contributed by atoms with Crippen LogP contribution in [-0.2, 0) is 14.3 Å². The van der Waals surface area contributed by atoms with Crippen LogP contribution in [0.15, 0.2) is 12.1 Å². The Morgan fingerprint density at radius 1 is 1.18 bits per heavy atom. The van der Waals surface area contributed by atoms with Crippen molar-refractivity contribution in [3.05, 3.63) is 35.1 Å². The van der Waals surface area contributed by atoms with Crippen LogP contribution in [0.25, 0.3) is 0 Å². The zero-order valence-electron chi connectivity index (χ0n) is 12.8. The molecule has 22 heavy (non-hydrogen) atoms. The molecule has 0 unspecified atom stereocenters. The maximum absolute atomic E-state index is 13.4. The second kappa shape index (κ2) is 7.29. The van der Waals surface area contributed by atoms with Crippen LogP contribution in [0.1, 0.15) is 31.9 Å². The Labute approximate surface area is 126 Å². The Bertz CT molecular complexity index is 552. The fourth-order valence-corrected chi connectivity index (χ4v) is 2.00. The molecular weight excluding hydrogens is 299 g/mol. The molecule has 0 aliphatic carbocycles. The van der Waals surface area contributed by atoms with Crippen LogP contribution in [0.3, 0.4) is 0 Å². The summed E-state index contributed by atoms with van der Waals surface area (Å²) in [6.45, 7) is 3.63. The number of likely N-dealkylation sites (N-methyl/N-ethyl adjacent to an activating group) is 1. The molecule has 0 aliphatic rings. The third-order valence-corrected chi connectivity index (χ3v) is 3.11. The maximum atomic E-state index is 13.4. The molecule has 0 saturated carbocycles. The SMILES string of the molecule is COC(=O)[C@@H](c1cc(F)c(F)c(F)c1)N(C)C(=O)CC(C)C. The number of carbonyl (C=O) groups excluding carboxylic acids is 2. The molecule has 0 radical (unpaired) electrons. The van der Waals surface area contributed by atoms with Crippen LogP contribution in [0.2, 0.25) is 0 Å². The standard InChI is InChI=1S/C15H18F3NO3/c1-8(2)5-12(20)19(3)14(15(21)22-4)9-6-10(16)13(18)11(17)7-9/h6-8,14H,5H2,1-4H3/t14-/m1/s1. The number of carbonyl (C=O) groups is 2. The summed E-state index contributed by atoms with van der Waals surface area (Å²) in [7, 11) is 2.41. The number of halogens is 3. The average Bonchev–Trinajstić information content (AvgIpc) is 2.43. The van der Waals surface area contributed by atoms with Gasteiger partial charge < -0.3 is 9.64 Å². The highest BCUT2D eigenvalue weighted by molar-refractivity contribution is 5.85. The number of hydrogen-bond donors (Lipinski definition) is 0. The number of methoxy groups -OCH3 is 1. The largest absolute Gasteiger partial charge is 0.467 e. The molecule has 1 rings (SSSR count). The van der Waals surface area contributed by atoms with Gasteiger partial charge in [-0.05, 0) is 23.6 Å². The quantitative estimate of drug-likeness (QED) is 0.620. The lowest BCUT2D eigenvalue weighted by Gasteiger charge is -2.27. The van der Waals surface area contributed by atoms with E-state index in [0.29, 0.717) is 12.1 Å². The minimum Gasteiger partial charge on any atom is -0.467 e. The Balaban J connectivity index is 3.24. The van der Waals surface area contributed by atoms with Gasteiger partial charge in [-0.15, -0.1) is 0 Å². The number of amides is 1. The molecular formula is C15H18F3NO3. The Morgan fingerprint density at radius 3 is 2.09 bits per heavy atom. The number of rotatable bonds is 5. The fourth-order valence-electron chi connectivity index (χ4n) is 2.00. The lowest BCUT2D eigenvalue weighted by molar-refractivity contribution is -0.152. The van der Waals surface area contributed by atoms with Crippen LogP contribution < -0.4 is 0 Å². The lowest BCUT2D eigenvalue weighted by Crippen LogP contribution is -2.37. The smallest absolute Gasteiger partial charge is 0.333 e. The van der Waals surface area contributed by atoms with E-state index in [-0.39, 0.29) is 17.9 Å². The average molecular weight is 317 g/mol. The predicted molar refractivity (Wildman–Crippen MR) is 73.3 cm³/mol. The molecule has 0 bridgehead atoms. The van der Waals surface area contributed by atoms with Crippen molar-refractivity contribution in [3.63, 3.8) is 0 Å². The first-order valence-corrected chi connectivity index (χ1v) is 6.67. The van der Waals surface area contributed by atoms with Gasteiger partial charge in [0, 0.05) is 13.5 Å². The number of benzene rings is 1. The zero-order chi connectivity index (χ0) is 17.0. The van der Waals surface area contributed by atoms with Crippen LogP contribution in [0.5, 0.6) is 0 Å². The fraction of sp³-hybridized carbons (Fsp3) is 0.467. The molecule has 1 amide bonds. The van der Waals surface area contributed by atoms with Gasteiger partial charge in [-0.25, -0.2) is 18.0 Å². The van der Waals surface area contributed by atoms with E-state index in [1.807, 2.05) is 13.8 Å². The Hall–Kier alpha value is -2.05. The van der Waals surface area contributed by atoms with Gasteiger partial charge in [-0.3, -0.25) is 4.79 Å². The molecule has 4 nitrogen and oxygen atoms in total. The van der Waals surface area contributed by atoms with Gasteiger partial charge in [-0.2, -0.15) is 0 Å². The van der Waals surface area contributed by atoms with Gasteiger partial charge in [0.15, 0.2) is 23.5 Å². The molecule has 0 spiro atoms. The van der Waals surface area contributed by atoms with E-state index >= 15 is 0 Å². The molecule has 0 heterocycles. The third-order valence-electron chi connectivity index (χ3n) is 3.11. The summed E-state index contributed by atoms with van der Waals surface area (Å²) in [5, 5.41) is 0. The van der Waals surface area contributed by atoms with Crippen LogP contribution >= 0.6 is 0 Å². The van der Waals surface area contributed by atoms with E-state index in [2.05, 4.69) is 4.74 Å². The topological polar surface area (TPSA) is 46.6 Å². The Morgan fingerprint density at radius 2 is 1.68 bits per heavy atom. The molecule has 122 valence electrons. The van der Waals surface area contributed by atoms with Crippen molar-refractivity contribution in [2.75, 3.05) is 14.2 Å². The molecule has 1 aromatic rings. The molecule has 0 aliphatic heterocycles. The molecule has 1 aromatic carbocycles. The van der Waals surface area contributed by atoms with Crippen molar-refractivity contribution in [3.8, 4) is 0 Å². The van der Waals surface area contributed by atoms with Gasteiger partial charge in [0.1, 0.15) is 0 Å². The van der Waals surface area contributed by atoms with Gasteiger partial charge in [0.05, 0.1) is 7.11 Å². The highest BCUT2D eigenvalue weighted by Gasteiger charge is 2.31. The first-order valence-electron chi connectivity index (χ1n) is 6.67. The third kappa shape index (κ3) is 3.99. The predicted octanol–water partition coefficient (Wildman–Crippen LogP) is 2.82. The van der Waals surface area contributed by atoms with Crippen LogP contribution in [0.4, 0.5) is 13.2 Å². The molecule has 0 N–H and O–H groups in total. The minimum absolute atomic E-state index is 0.0370. The monoisotopic (exact) mass is 317 g/mol. The highest BCUT2D eigenvalue weighted by Crippen LogP contribution is 2.25. The van der Waals surface area contributed by atoms with Gasteiger partial charge in [0.2, 0.25) is 5.91 Å². The van der Waals surface area contributed by atoms with Crippen molar-refractivity contribution in [2.45, 2.75) is 26.3 Å². The number of esters is 1. The summed E-state index contributed by atoms with van der Waals surface area (Å²) >= 11 is 0. The van der Waals surface area contributed by atoms with Crippen LogP contribution in [-0.4, -0.2) is 30.9 Å². The van der Waals surface area contributed by atoms with Crippen molar-refractivity contribution < 1.29 is 27.5 Å². The number of hydrogen-bond acceptors (Lipinski definition) is 3. The van der Waals surface area contributed by atoms with E-state index < -0.39 is 35.4 Å². The summed E-state index contributed by atoms with van der Waals surface area (Å²) in [4.78, 5) is 25.0. The summed E-state index contributed by atoms with van der Waals surface area (Å²) in [6, 6.07) is 0.0130. The van der Waals surface area contributed by atoms with E-state index in [0.717, 1.165) is 12.0 Å². The lowest BCUT2D eigenvalue weighted by atomic mass is 10.0. The van der Waals surface area contributed by atoms with E-state index in [1.165, 1.54) is 7.05 Å². The van der Waals surface area contributed by atoms with Crippen molar-refractivity contribution >= 4 is 11.9 Å². The van der Waals surface area contributed by atoms with Gasteiger partial charge >= 0.3 is 5.97 Å². The normalized spacial score (nSPS) is 12.2. The molecule has 1 atom stereocenters. The minimum atomic E-state index is -1.64. The van der Waals surface area contributed by atoms with E-state index in [9.17, 15) is 22.8 Å². The molecule has 7 heteroatoms. The van der Waals surface area contributed by atoms with Gasteiger partial charge in [0.25, 0.3) is 0 Å². The number of nitrogens with zero attached hydrogens (tertiary/aromatic N) is 1. The second-order valence-electron chi connectivity index (χ2n) is 5.33. The van der Waals surface area contributed by atoms with Crippen molar-refractivity contribution in [1.29, 1.82) is 0 Å². The summed E-state index contributed by atoms with van der Waals surface area (Å²) in [5.41, 5.74) is -0.192. The highest BCUT2D eigenvalue weighted by atomic mass is 19.2. The van der Waals surface area contributed by atoms with Crippen molar-refractivity contribution in [2.24, 2.45) is 5.92 Å². The van der Waals surface area contributed by atoms with E-state index in [1.54, 1.807) is 0 Å². The molecule has 0 aromatic heterocycles. The maximum Gasteiger partial charge on any atom is 0.333 e. The number of ether oxygens (including phenoxy) is 1. The van der Waals surface area contributed by atoms with Crippen molar-refractivity contribution in [1.82, 2.24) is 4.90 Å². The van der Waals surface area contributed by atoms with Gasteiger partial charge in [-0.1, -0.05) is 13.8 Å². The molecule has 0 fully saturated rings. The van der Waals surface area contributed by atoms with Crippen LogP contribution in [0, 0.1) is 23.4 Å². The summed E-state index contributed by atoms with van der Waals surface area (Å²) in [5.74, 6) is -5.73. The Kier molecular flexibility index (Phi) is 5.96. The first-order chi connectivity index (χ1) is 10.2. The van der Waals surface area contributed by atoms with E-state index in [4.69, 9.17) is 0 Å².